The number of carbonyl (C=O) groups is 1. The molecule has 2 aromatic carbocycles. The lowest BCUT2D eigenvalue weighted by Gasteiger charge is -2.25. The molecule has 0 saturated heterocycles. The minimum absolute atomic E-state index is 0.0814. The van der Waals surface area contributed by atoms with Gasteiger partial charge in [0.25, 0.3) is 0 Å². The molecule has 102 valence electrons. The van der Waals surface area contributed by atoms with Crippen molar-refractivity contribution >= 4 is 11.6 Å². The molecule has 1 atom stereocenters. The van der Waals surface area contributed by atoms with Gasteiger partial charge in [-0.15, -0.1) is 0 Å². The van der Waals surface area contributed by atoms with E-state index >= 15 is 0 Å². The Morgan fingerprint density at radius 2 is 1.90 bits per heavy atom. The average Bonchev–Trinajstić information content (AvgIpc) is 2.49. The molecule has 2 aromatic rings. The first-order chi connectivity index (χ1) is 9.75. The van der Waals surface area contributed by atoms with Crippen molar-refractivity contribution in [3.63, 3.8) is 0 Å². The second kappa shape index (κ2) is 5.35. The zero-order chi connectivity index (χ0) is 13.9. The van der Waals surface area contributed by atoms with Crippen LogP contribution in [0.5, 0.6) is 5.75 Å². The minimum Gasteiger partial charge on any atom is -0.506 e. The number of anilines is 1. The van der Waals surface area contributed by atoms with E-state index in [2.05, 4.69) is 10.6 Å². The zero-order valence-corrected chi connectivity index (χ0v) is 11.0. The number of para-hydroxylation sites is 2. The number of nitrogens with one attached hydrogen (secondary N) is 2. The Hall–Kier alpha value is -2.33. The second-order valence-corrected chi connectivity index (χ2v) is 4.89. The standard InChI is InChI=1S/C16H16N2O2/c19-15-8-4-3-7-14(15)18-16(20)13-10-17-9-11-5-1-2-6-12(11)13/h1-8,13,17,19H,9-10H2,(H,18,20). The summed E-state index contributed by atoms with van der Waals surface area (Å²) in [6, 6.07) is 14.7. The highest BCUT2D eigenvalue weighted by Crippen LogP contribution is 2.27. The molecular weight excluding hydrogens is 252 g/mol. The predicted molar refractivity (Wildman–Crippen MR) is 77.6 cm³/mol. The van der Waals surface area contributed by atoms with Gasteiger partial charge in [0.2, 0.25) is 5.91 Å². The van der Waals surface area contributed by atoms with Crippen molar-refractivity contribution in [1.29, 1.82) is 0 Å². The highest BCUT2D eigenvalue weighted by molar-refractivity contribution is 5.97. The van der Waals surface area contributed by atoms with Crippen molar-refractivity contribution in [2.24, 2.45) is 0 Å². The lowest BCUT2D eigenvalue weighted by Crippen LogP contribution is -2.35. The van der Waals surface area contributed by atoms with Gasteiger partial charge in [-0.05, 0) is 23.3 Å². The summed E-state index contributed by atoms with van der Waals surface area (Å²) < 4.78 is 0. The lowest BCUT2D eigenvalue weighted by atomic mass is 9.90. The summed E-state index contributed by atoms with van der Waals surface area (Å²) in [4.78, 5) is 12.4. The smallest absolute Gasteiger partial charge is 0.233 e. The molecule has 0 radical (unpaired) electrons. The number of hydrogen-bond acceptors (Lipinski definition) is 3. The van der Waals surface area contributed by atoms with E-state index in [0.717, 1.165) is 17.7 Å². The maximum atomic E-state index is 12.4. The van der Waals surface area contributed by atoms with Gasteiger partial charge in [-0.2, -0.15) is 0 Å². The van der Waals surface area contributed by atoms with Crippen LogP contribution in [0.2, 0.25) is 0 Å². The number of hydrogen-bond donors (Lipinski definition) is 3. The van der Waals surface area contributed by atoms with Crippen LogP contribution in [0.4, 0.5) is 5.69 Å². The number of aromatic hydroxyl groups is 1. The maximum Gasteiger partial charge on any atom is 0.233 e. The number of carbonyl (C=O) groups excluding carboxylic acids is 1. The third kappa shape index (κ3) is 2.38. The van der Waals surface area contributed by atoms with Crippen LogP contribution in [0.3, 0.4) is 0 Å². The van der Waals surface area contributed by atoms with E-state index in [0.29, 0.717) is 12.2 Å². The zero-order valence-electron chi connectivity index (χ0n) is 11.0. The minimum atomic E-state index is -0.237. The first-order valence-electron chi connectivity index (χ1n) is 6.63. The molecule has 1 aliphatic rings. The number of rotatable bonds is 2. The summed E-state index contributed by atoms with van der Waals surface area (Å²) in [5, 5.41) is 15.8. The fourth-order valence-corrected chi connectivity index (χ4v) is 2.53. The molecule has 0 spiro atoms. The van der Waals surface area contributed by atoms with Crippen LogP contribution in [0.25, 0.3) is 0 Å². The van der Waals surface area contributed by atoms with Crippen LogP contribution in [0, 0.1) is 0 Å². The van der Waals surface area contributed by atoms with E-state index in [1.54, 1.807) is 24.3 Å². The maximum absolute atomic E-state index is 12.4. The van der Waals surface area contributed by atoms with Crippen LogP contribution in [0.15, 0.2) is 48.5 Å². The van der Waals surface area contributed by atoms with Crippen molar-refractivity contribution in [3.05, 3.63) is 59.7 Å². The summed E-state index contributed by atoms with van der Waals surface area (Å²) in [5.74, 6) is -0.261. The van der Waals surface area contributed by atoms with Crippen molar-refractivity contribution in [2.45, 2.75) is 12.5 Å². The topological polar surface area (TPSA) is 61.4 Å². The Morgan fingerprint density at radius 1 is 1.15 bits per heavy atom. The predicted octanol–water partition coefficient (Wildman–Crippen LogP) is 2.22. The molecule has 4 heteroatoms. The van der Waals surface area contributed by atoms with Gasteiger partial charge in [0.15, 0.2) is 0 Å². The quantitative estimate of drug-likeness (QED) is 0.732. The Kier molecular flexibility index (Phi) is 3.39. The van der Waals surface area contributed by atoms with Crippen molar-refractivity contribution in [1.82, 2.24) is 5.32 Å². The van der Waals surface area contributed by atoms with Gasteiger partial charge in [0.1, 0.15) is 5.75 Å². The second-order valence-electron chi connectivity index (χ2n) is 4.89. The number of benzene rings is 2. The van der Waals surface area contributed by atoms with Gasteiger partial charge >= 0.3 is 0 Å². The van der Waals surface area contributed by atoms with Gasteiger partial charge in [-0.25, -0.2) is 0 Å². The summed E-state index contributed by atoms with van der Waals surface area (Å²) in [5.41, 5.74) is 2.65. The van der Waals surface area contributed by atoms with Crippen LogP contribution in [-0.2, 0) is 11.3 Å². The molecule has 1 aliphatic heterocycles. The molecule has 0 aliphatic carbocycles. The molecule has 0 aromatic heterocycles. The molecule has 0 saturated carbocycles. The summed E-state index contributed by atoms with van der Waals surface area (Å²) in [6.45, 7) is 1.40. The largest absolute Gasteiger partial charge is 0.506 e. The highest BCUT2D eigenvalue weighted by Gasteiger charge is 2.26. The van der Waals surface area contributed by atoms with Gasteiger partial charge in [-0.3, -0.25) is 4.79 Å². The molecule has 1 unspecified atom stereocenters. The molecule has 3 N–H and O–H groups in total. The fraction of sp³-hybridized carbons (Fsp3) is 0.188. The number of fused-ring (bicyclic) bond motifs is 1. The summed E-state index contributed by atoms with van der Waals surface area (Å²) >= 11 is 0. The third-order valence-corrected chi connectivity index (χ3v) is 3.57. The number of phenolic OH excluding ortho intramolecular Hbond substituents is 1. The first-order valence-corrected chi connectivity index (χ1v) is 6.63. The number of phenols is 1. The van der Waals surface area contributed by atoms with Crippen molar-refractivity contribution in [3.8, 4) is 5.75 Å². The van der Waals surface area contributed by atoms with E-state index in [-0.39, 0.29) is 17.6 Å². The van der Waals surface area contributed by atoms with E-state index in [1.165, 1.54) is 0 Å². The molecule has 0 bridgehead atoms. The van der Waals surface area contributed by atoms with E-state index in [4.69, 9.17) is 0 Å². The third-order valence-electron chi connectivity index (χ3n) is 3.57. The van der Waals surface area contributed by atoms with Crippen LogP contribution < -0.4 is 10.6 Å². The first kappa shape index (κ1) is 12.7. The van der Waals surface area contributed by atoms with Crippen LogP contribution in [-0.4, -0.2) is 17.6 Å². The summed E-state index contributed by atoms with van der Waals surface area (Å²) in [7, 11) is 0. The normalized spacial score (nSPS) is 17.3. The average molecular weight is 268 g/mol. The number of amides is 1. The molecule has 3 rings (SSSR count). The fourth-order valence-electron chi connectivity index (χ4n) is 2.53. The Balaban J connectivity index is 1.84. The molecule has 0 fully saturated rings. The van der Waals surface area contributed by atoms with Gasteiger partial charge in [0, 0.05) is 13.1 Å². The highest BCUT2D eigenvalue weighted by atomic mass is 16.3. The summed E-state index contributed by atoms with van der Waals surface area (Å²) in [6.07, 6.45) is 0. The Bertz CT molecular complexity index is 640. The SMILES string of the molecule is O=C(Nc1ccccc1O)C1CNCc2ccccc21. The molecule has 1 amide bonds. The van der Waals surface area contributed by atoms with E-state index in [1.807, 2.05) is 24.3 Å². The Morgan fingerprint density at radius 3 is 2.75 bits per heavy atom. The van der Waals surface area contributed by atoms with Gasteiger partial charge < -0.3 is 15.7 Å². The lowest BCUT2D eigenvalue weighted by molar-refractivity contribution is -0.117. The van der Waals surface area contributed by atoms with Crippen molar-refractivity contribution in [2.75, 3.05) is 11.9 Å². The van der Waals surface area contributed by atoms with E-state index in [9.17, 15) is 9.90 Å². The molecule has 20 heavy (non-hydrogen) atoms. The monoisotopic (exact) mass is 268 g/mol. The van der Waals surface area contributed by atoms with Crippen molar-refractivity contribution < 1.29 is 9.90 Å². The Labute approximate surface area is 117 Å². The van der Waals surface area contributed by atoms with Crippen LogP contribution >= 0.6 is 0 Å². The van der Waals surface area contributed by atoms with Gasteiger partial charge in [0.05, 0.1) is 11.6 Å². The molecule has 1 heterocycles. The molecule has 4 nitrogen and oxygen atoms in total. The van der Waals surface area contributed by atoms with Gasteiger partial charge in [-0.1, -0.05) is 36.4 Å². The van der Waals surface area contributed by atoms with E-state index < -0.39 is 0 Å². The molecular formula is C16H16N2O2. The van der Waals surface area contributed by atoms with Crippen LogP contribution in [0.1, 0.15) is 17.0 Å².